The number of rotatable bonds is 0. The van der Waals surface area contributed by atoms with Crippen molar-refractivity contribution in [1.29, 1.82) is 0 Å². The van der Waals surface area contributed by atoms with Crippen LogP contribution in [0.25, 0.3) is 5.65 Å². The lowest BCUT2D eigenvalue weighted by Crippen LogP contribution is -2.41. The molecule has 0 aliphatic carbocycles. The second-order valence-corrected chi connectivity index (χ2v) is 26.0. The molecule has 0 bridgehead atoms. The molecule has 0 spiro atoms. The number of hydrogen-bond donors (Lipinski definition) is 5. The normalized spacial score (nSPS) is 13.3. The first kappa shape index (κ1) is 99.0. The van der Waals surface area contributed by atoms with Gasteiger partial charge in [0.15, 0.2) is 5.65 Å². The summed E-state index contributed by atoms with van der Waals surface area (Å²) in [5.74, 6) is 0.720. The van der Waals surface area contributed by atoms with Crippen molar-refractivity contribution >= 4 is 30.3 Å². The van der Waals surface area contributed by atoms with Gasteiger partial charge in [-0.2, -0.15) is 15.3 Å². The molecule has 0 saturated heterocycles. The molecular weight excluding hydrogens is 1150 g/mol. The van der Waals surface area contributed by atoms with Crippen molar-refractivity contribution in [2.24, 2.45) is 36.7 Å². The quantitative estimate of drug-likeness (QED) is 0.113. The van der Waals surface area contributed by atoms with E-state index in [4.69, 9.17) is 0 Å². The van der Waals surface area contributed by atoms with Gasteiger partial charge < -0.3 is 25.7 Å². The summed E-state index contributed by atoms with van der Waals surface area (Å²) in [7, 11) is 0. The van der Waals surface area contributed by atoms with Crippen LogP contribution >= 0.6 is 0 Å². The highest BCUT2D eigenvalue weighted by atomic mass is 16.2. The fraction of sp³-hybridized carbons (Fsp3) is 0.558. The van der Waals surface area contributed by atoms with Gasteiger partial charge in [-0.1, -0.05) is 276 Å². The number of amides is 2. The van der Waals surface area contributed by atoms with Crippen molar-refractivity contribution < 1.29 is 4.79 Å². The van der Waals surface area contributed by atoms with Gasteiger partial charge in [-0.15, -0.1) is 0 Å². The zero-order valence-corrected chi connectivity index (χ0v) is 65.0. The molecule has 0 saturated carbocycles. The highest BCUT2D eigenvalue weighted by molar-refractivity contribution is 5.82. The fourth-order valence-electron chi connectivity index (χ4n) is 6.32. The lowest BCUT2D eigenvalue weighted by atomic mass is 9.86. The van der Waals surface area contributed by atoms with Crippen molar-refractivity contribution in [3.8, 4) is 0 Å². The third kappa shape index (κ3) is 45.3. The highest BCUT2D eigenvalue weighted by Gasteiger charge is 2.24. The first-order chi connectivity index (χ1) is 42.7. The zero-order valence-electron chi connectivity index (χ0n) is 65.0. The number of fused-ring (bicyclic) bond motifs is 1. The van der Waals surface area contributed by atoms with Crippen LogP contribution in [0.15, 0.2) is 173 Å². The molecule has 0 aromatic carbocycles. The standard InChI is InChI=1S/C10H13N3.C9H14N2O.3C9H14N2.2C8H12N2.7C2H6.CH4/c1-10(2,3)8-6-11-7-9-12-4-5-13(8)9;1-6-5-7(9(2,3)4)11-8(12)10-6;1-7-5-10-6-8(11-7)9(2,3)4;1-7-5-8(6-10-11-7)9(2,3)4;1-7-10-6-5-8(11-7)9(2,3)4;1-8(2,3)7-4-9-6-10-5-7;1-8(2,3)7-4-5-9-10-6-7;7*1-2;/h4-7H,1-3H3;5H,1H2,2-4H3,(H2,10,11,12);3*5-6,11H,1H2,2-4H3;2*4-6H,1-3H3;7*1-2H3;1H4. The number of hydrogen-bond acceptors (Lipinski definition) is 13. The minimum Gasteiger partial charge on any atom is -0.356 e. The summed E-state index contributed by atoms with van der Waals surface area (Å²) in [5.41, 5.74) is 14.9. The molecule has 5 N–H and O–H groups in total. The van der Waals surface area contributed by atoms with Crippen molar-refractivity contribution in [1.82, 2.24) is 61.2 Å². The van der Waals surface area contributed by atoms with Crippen LogP contribution < -0.4 is 26.7 Å². The van der Waals surface area contributed by atoms with Gasteiger partial charge in [-0.3, -0.25) is 15.4 Å². The third-order valence-electron chi connectivity index (χ3n) is 11.3. The van der Waals surface area contributed by atoms with Crippen LogP contribution in [0.3, 0.4) is 0 Å². The minimum absolute atomic E-state index is 0. The molecule has 93 heavy (non-hydrogen) atoms. The topological polar surface area (TPSA) is 196 Å². The summed E-state index contributed by atoms with van der Waals surface area (Å²) < 4.78 is 2.08. The van der Waals surface area contributed by atoms with Crippen LogP contribution in [0.2, 0.25) is 0 Å². The largest absolute Gasteiger partial charge is 0.356 e. The Balaban J connectivity index is -0.000000179. The van der Waals surface area contributed by atoms with E-state index in [1.54, 1.807) is 43.5 Å². The maximum absolute atomic E-state index is 11.0. The molecule has 4 aromatic heterocycles. The van der Waals surface area contributed by atoms with Crippen molar-refractivity contribution in [2.45, 2.75) is 266 Å². The number of carbonyl (C=O) groups is 1. The van der Waals surface area contributed by atoms with Gasteiger partial charge in [-0.25, -0.2) is 24.7 Å². The third-order valence-corrected chi connectivity index (χ3v) is 11.3. The molecule has 0 fully saturated rings. The predicted molar refractivity (Wildman–Crippen MR) is 413 cm³/mol. The highest BCUT2D eigenvalue weighted by Crippen LogP contribution is 2.28. The molecule has 16 nitrogen and oxygen atoms in total. The lowest BCUT2D eigenvalue weighted by molar-refractivity contribution is 0.242. The molecule has 4 aromatic rings. The second-order valence-electron chi connectivity index (χ2n) is 26.0. The van der Waals surface area contributed by atoms with Gasteiger partial charge in [-0.05, 0) is 57.2 Å². The van der Waals surface area contributed by atoms with Gasteiger partial charge >= 0.3 is 6.03 Å². The minimum atomic E-state index is -0.201. The number of hydrazone groups is 1. The number of urea groups is 1. The van der Waals surface area contributed by atoms with E-state index in [9.17, 15) is 4.79 Å². The molecule has 0 atom stereocenters. The Morgan fingerprint density at radius 2 is 0.957 bits per heavy atom. The SMILES string of the molecule is C.C=C1C=C(C(C)(C)C)C=NN1.C=C1C=C(C(C)(C)C)NC(=O)N1.C=C1C=NC=C(C(C)(C)C)N1.C=C1N=CC=C(C(C)(C)C)N1.CC.CC.CC.CC.CC.CC.CC.CC(C)(C)c1ccnnc1.CC(C)(C)c1cncc2nccn12.CC(C)(C)c1cncnc1. The van der Waals surface area contributed by atoms with Crippen molar-refractivity contribution in [3.63, 3.8) is 0 Å². The van der Waals surface area contributed by atoms with E-state index in [-0.39, 0.29) is 51.4 Å². The Bertz CT molecular complexity index is 2770. The average molecular weight is 1290 g/mol. The first-order valence-electron chi connectivity index (χ1n) is 33.1. The number of carbonyl (C=O) groups excluding carboxylic acids is 1. The summed E-state index contributed by atoms with van der Waals surface area (Å²) in [5, 5.41) is 23.1. The van der Waals surface area contributed by atoms with E-state index in [1.807, 2.05) is 179 Å². The number of allylic oxidation sites excluding steroid dienone is 8. The van der Waals surface area contributed by atoms with Crippen LogP contribution in [0.4, 0.5) is 4.79 Å². The molecule has 8 rings (SSSR count). The summed E-state index contributed by atoms with van der Waals surface area (Å²) in [4.78, 5) is 35.3. The van der Waals surface area contributed by atoms with Crippen LogP contribution in [0.5, 0.6) is 0 Å². The summed E-state index contributed by atoms with van der Waals surface area (Å²) >= 11 is 0. The molecular formula is C77H139N15O. The Kier molecular flexibility index (Phi) is 54.1. The van der Waals surface area contributed by atoms with E-state index in [0.29, 0.717) is 5.70 Å². The average Bonchev–Trinajstić information content (AvgIpc) is 1.73. The summed E-state index contributed by atoms with van der Waals surface area (Å²) in [6, 6.07) is 1.79. The fourth-order valence-corrected chi connectivity index (χ4v) is 6.32. The lowest BCUT2D eigenvalue weighted by Gasteiger charge is -2.27. The monoisotopic (exact) mass is 1290 g/mol. The maximum atomic E-state index is 11.0. The van der Waals surface area contributed by atoms with Crippen molar-refractivity contribution in [2.75, 3.05) is 0 Å². The number of aliphatic imine (C=N–C) groups is 2. The maximum Gasteiger partial charge on any atom is 0.323 e. The summed E-state index contributed by atoms with van der Waals surface area (Å²) in [6.07, 6.45) is 29.3. The van der Waals surface area contributed by atoms with E-state index in [0.717, 1.165) is 40.0 Å². The predicted octanol–water partition coefficient (Wildman–Crippen LogP) is 21.3. The number of aromatic nitrogens is 7. The molecule has 8 heterocycles. The molecule has 16 heteroatoms. The van der Waals surface area contributed by atoms with Gasteiger partial charge in [0.1, 0.15) is 12.1 Å². The molecule has 0 radical (unpaired) electrons. The van der Waals surface area contributed by atoms with Crippen LogP contribution in [0, 0.1) is 21.7 Å². The number of nitrogens with zero attached hydrogens (tertiary/aromatic N) is 10. The number of imidazole rings is 1. The molecule has 2 amide bonds. The zero-order chi connectivity index (χ0) is 73.5. The van der Waals surface area contributed by atoms with Gasteiger partial charge in [0, 0.05) is 117 Å². The van der Waals surface area contributed by atoms with Gasteiger partial charge in [0.05, 0.1) is 18.6 Å². The van der Waals surface area contributed by atoms with E-state index >= 15 is 0 Å². The molecule has 0 unspecified atom stereocenters. The molecule has 4 aliphatic heterocycles. The Morgan fingerprint density at radius 1 is 0.452 bits per heavy atom. The smallest absolute Gasteiger partial charge is 0.323 e. The van der Waals surface area contributed by atoms with Crippen LogP contribution in [-0.4, -0.2) is 59.2 Å². The van der Waals surface area contributed by atoms with E-state index < -0.39 is 0 Å². The van der Waals surface area contributed by atoms with Crippen molar-refractivity contribution in [3.05, 3.63) is 175 Å². The Labute approximate surface area is 571 Å². The Morgan fingerprint density at radius 3 is 1.30 bits per heavy atom. The Hall–Kier alpha value is -7.62. The van der Waals surface area contributed by atoms with Crippen LogP contribution in [-0.2, 0) is 16.2 Å². The number of nitrogens with one attached hydrogen (secondary N) is 5. The van der Waals surface area contributed by atoms with Gasteiger partial charge in [0.25, 0.3) is 0 Å². The molecule has 4 aliphatic rings. The van der Waals surface area contributed by atoms with Gasteiger partial charge in [0.2, 0.25) is 0 Å². The van der Waals surface area contributed by atoms with E-state index in [1.165, 1.54) is 22.4 Å². The summed E-state index contributed by atoms with van der Waals surface area (Å²) in [6.45, 7) is 87.8. The second kappa shape index (κ2) is 50.9. The van der Waals surface area contributed by atoms with Crippen LogP contribution in [0.1, 0.15) is 267 Å². The van der Waals surface area contributed by atoms with E-state index in [2.05, 4.69) is 227 Å². The molecule has 528 valence electrons. The first-order valence-corrected chi connectivity index (χ1v) is 33.1.